The molecule has 0 radical (unpaired) electrons. The number of benzene rings is 1. The Morgan fingerprint density at radius 1 is 1.12 bits per heavy atom. The third-order valence-corrected chi connectivity index (χ3v) is 5.35. The quantitative estimate of drug-likeness (QED) is 0.546. The van der Waals surface area contributed by atoms with Gasteiger partial charge >= 0.3 is 5.97 Å². The van der Waals surface area contributed by atoms with E-state index in [-0.39, 0.29) is 0 Å². The molecule has 26 heavy (non-hydrogen) atoms. The standard InChI is InChI=1S/C17H19ClN2O4S2/c1-8-9(2)26-15(14(8)16(21)24-5)20-17(25)19-11-7-12(22-3)10(18)6-13(11)23-4/h6-7H,1-5H3,(H2,19,20,25). The molecule has 0 amide bonds. The highest BCUT2D eigenvalue weighted by atomic mass is 35.5. The van der Waals surface area contributed by atoms with Gasteiger partial charge in [0.05, 0.1) is 37.6 Å². The number of halogens is 1. The summed E-state index contributed by atoms with van der Waals surface area (Å²) in [7, 11) is 4.40. The maximum Gasteiger partial charge on any atom is 0.341 e. The number of rotatable bonds is 5. The Labute approximate surface area is 166 Å². The minimum absolute atomic E-state index is 0.291. The molecule has 1 heterocycles. The van der Waals surface area contributed by atoms with Crippen molar-refractivity contribution in [3.63, 3.8) is 0 Å². The molecule has 9 heteroatoms. The van der Waals surface area contributed by atoms with Crippen LogP contribution in [0.1, 0.15) is 20.8 Å². The first-order valence-corrected chi connectivity index (χ1v) is 9.10. The molecule has 1 aromatic heterocycles. The number of aryl methyl sites for hydroxylation is 1. The summed E-state index contributed by atoms with van der Waals surface area (Å²) in [5.74, 6) is 0.574. The van der Waals surface area contributed by atoms with Crippen molar-refractivity contribution in [2.75, 3.05) is 32.0 Å². The van der Waals surface area contributed by atoms with Crippen LogP contribution >= 0.6 is 35.2 Å². The van der Waals surface area contributed by atoms with Gasteiger partial charge < -0.3 is 24.8 Å². The number of hydrogen-bond acceptors (Lipinski definition) is 6. The molecule has 0 aliphatic heterocycles. The second-order valence-electron chi connectivity index (χ2n) is 5.25. The second kappa shape index (κ2) is 8.57. The molecule has 0 fully saturated rings. The van der Waals surface area contributed by atoms with E-state index in [0.717, 1.165) is 10.4 Å². The number of esters is 1. The van der Waals surface area contributed by atoms with Crippen LogP contribution < -0.4 is 20.1 Å². The van der Waals surface area contributed by atoms with E-state index in [1.54, 1.807) is 12.1 Å². The molecule has 0 aliphatic rings. The summed E-state index contributed by atoms with van der Waals surface area (Å²) >= 11 is 12.9. The summed E-state index contributed by atoms with van der Waals surface area (Å²) in [6.07, 6.45) is 0. The fourth-order valence-electron chi connectivity index (χ4n) is 2.28. The lowest BCUT2D eigenvalue weighted by Gasteiger charge is -2.15. The lowest BCUT2D eigenvalue weighted by molar-refractivity contribution is 0.0601. The predicted molar refractivity (Wildman–Crippen MR) is 110 cm³/mol. The number of carbonyl (C=O) groups is 1. The molecule has 140 valence electrons. The Kier molecular flexibility index (Phi) is 6.69. The highest BCUT2D eigenvalue weighted by Crippen LogP contribution is 2.37. The molecule has 0 spiro atoms. The average molecular weight is 415 g/mol. The summed E-state index contributed by atoms with van der Waals surface area (Å²) in [5.41, 5.74) is 1.91. The summed E-state index contributed by atoms with van der Waals surface area (Å²) < 4.78 is 15.4. The maximum atomic E-state index is 12.1. The van der Waals surface area contributed by atoms with E-state index in [4.69, 9.17) is 38.0 Å². The van der Waals surface area contributed by atoms with E-state index in [1.807, 2.05) is 13.8 Å². The molecule has 0 unspecified atom stereocenters. The molecular weight excluding hydrogens is 396 g/mol. The van der Waals surface area contributed by atoms with Crippen LogP contribution in [-0.4, -0.2) is 32.4 Å². The number of nitrogens with one attached hydrogen (secondary N) is 2. The van der Waals surface area contributed by atoms with Crippen molar-refractivity contribution in [2.24, 2.45) is 0 Å². The molecule has 0 bridgehead atoms. The Morgan fingerprint density at radius 2 is 1.77 bits per heavy atom. The van der Waals surface area contributed by atoms with Crippen LogP contribution in [0.5, 0.6) is 11.5 Å². The zero-order valence-corrected chi connectivity index (χ0v) is 17.4. The minimum atomic E-state index is -0.414. The number of thiocarbonyl (C=S) groups is 1. The molecule has 0 atom stereocenters. The zero-order valence-electron chi connectivity index (χ0n) is 15.0. The summed E-state index contributed by atoms with van der Waals surface area (Å²) in [6.45, 7) is 3.80. The molecule has 2 N–H and O–H groups in total. The number of methoxy groups -OCH3 is 3. The van der Waals surface area contributed by atoms with Gasteiger partial charge in [-0.2, -0.15) is 0 Å². The average Bonchev–Trinajstić information content (AvgIpc) is 2.88. The van der Waals surface area contributed by atoms with E-state index >= 15 is 0 Å². The zero-order chi connectivity index (χ0) is 19.4. The summed E-state index contributed by atoms with van der Waals surface area (Å²) in [6, 6.07) is 3.31. The molecule has 0 aliphatic carbocycles. The topological polar surface area (TPSA) is 68.8 Å². The number of ether oxygens (including phenoxy) is 3. The van der Waals surface area contributed by atoms with Crippen LogP contribution in [0.4, 0.5) is 10.7 Å². The molecule has 1 aromatic carbocycles. The van der Waals surface area contributed by atoms with Gasteiger partial charge in [0.25, 0.3) is 0 Å². The van der Waals surface area contributed by atoms with E-state index in [9.17, 15) is 4.79 Å². The molecular formula is C17H19ClN2O4S2. The van der Waals surface area contributed by atoms with E-state index < -0.39 is 5.97 Å². The Morgan fingerprint density at radius 3 is 2.35 bits per heavy atom. The highest BCUT2D eigenvalue weighted by Gasteiger charge is 2.21. The lowest BCUT2D eigenvalue weighted by Crippen LogP contribution is -2.20. The van der Waals surface area contributed by atoms with Crippen LogP contribution in [0.25, 0.3) is 0 Å². The predicted octanol–water partition coefficient (Wildman–Crippen LogP) is 4.63. The van der Waals surface area contributed by atoms with Crippen LogP contribution in [-0.2, 0) is 4.74 Å². The Balaban J connectivity index is 2.28. The largest absolute Gasteiger partial charge is 0.495 e. The number of thiophene rings is 1. The third-order valence-electron chi connectivity index (χ3n) is 3.72. The Hall–Kier alpha value is -2.03. The van der Waals surface area contributed by atoms with Crippen molar-refractivity contribution in [3.05, 3.63) is 33.2 Å². The van der Waals surface area contributed by atoms with E-state index in [0.29, 0.717) is 37.9 Å². The fraction of sp³-hybridized carbons (Fsp3) is 0.294. The Bertz CT molecular complexity index is 852. The van der Waals surface area contributed by atoms with Crippen molar-refractivity contribution >= 4 is 56.9 Å². The van der Waals surface area contributed by atoms with Crippen LogP contribution in [0.3, 0.4) is 0 Å². The van der Waals surface area contributed by atoms with Gasteiger partial charge in [-0.3, -0.25) is 0 Å². The van der Waals surface area contributed by atoms with Gasteiger partial charge in [-0.1, -0.05) is 11.6 Å². The van der Waals surface area contributed by atoms with Crippen molar-refractivity contribution in [3.8, 4) is 11.5 Å². The first-order valence-electron chi connectivity index (χ1n) is 7.50. The minimum Gasteiger partial charge on any atom is -0.495 e. The van der Waals surface area contributed by atoms with E-state index in [2.05, 4.69) is 10.6 Å². The summed E-state index contributed by atoms with van der Waals surface area (Å²) in [5, 5.41) is 7.41. The molecule has 2 rings (SSSR count). The van der Waals surface area contributed by atoms with Crippen LogP contribution in [0, 0.1) is 13.8 Å². The molecule has 0 saturated carbocycles. The van der Waals surface area contributed by atoms with Gasteiger partial charge in [-0.05, 0) is 31.6 Å². The number of carbonyl (C=O) groups excluding carboxylic acids is 1. The first kappa shape index (κ1) is 20.3. The lowest BCUT2D eigenvalue weighted by atomic mass is 10.1. The number of hydrogen-bond donors (Lipinski definition) is 2. The van der Waals surface area contributed by atoms with Crippen molar-refractivity contribution in [1.82, 2.24) is 0 Å². The normalized spacial score (nSPS) is 10.2. The number of anilines is 2. The fourth-order valence-corrected chi connectivity index (χ4v) is 3.84. The molecule has 0 saturated heterocycles. The highest BCUT2D eigenvalue weighted by molar-refractivity contribution is 7.80. The molecule has 2 aromatic rings. The third kappa shape index (κ3) is 4.20. The van der Waals surface area contributed by atoms with Gasteiger partial charge in [-0.25, -0.2) is 4.79 Å². The smallest absolute Gasteiger partial charge is 0.341 e. The van der Waals surface area contributed by atoms with Crippen molar-refractivity contribution < 1.29 is 19.0 Å². The van der Waals surface area contributed by atoms with Crippen molar-refractivity contribution in [2.45, 2.75) is 13.8 Å². The SMILES string of the molecule is COC(=O)c1c(NC(=S)Nc2cc(OC)c(Cl)cc2OC)sc(C)c1C. The second-order valence-corrected chi connectivity index (χ2v) is 7.29. The first-order chi connectivity index (χ1) is 12.3. The van der Waals surface area contributed by atoms with Crippen LogP contribution in [0.15, 0.2) is 12.1 Å². The van der Waals surface area contributed by atoms with Gasteiger partial charge in [0.15, 0.2) is 5.11 Å². The van der Waals surface area contributed by atoms with E-state index in [1.165, 1.54) is 32.7 Å². The molecule has 6 nitrogen and oxygen atoms in total. The van der Waals surface area contributed by atoms with Gasteiger partial charge in [-0.15, -0.1) is 11.3 Å². The van der Waals surface area contributed by atoms with Gasteiger partial charge in [0.1, 0.15) is 16.5 Å². The van der Waals surface area contributed by atoms with Gasteiger partial charge in [0, 0.05) is 17.0 Å². The maximum absolute atomic E-state index is 12.1. The van der Waals surface area contributed by atoms with Crippen molar-refractivity contribution in [1.29, 1.82) is 0 Å². The van der Waals surface area contributed by atoms with Crippen LogP contribution in [0.2, 0.25) is 5.02 Å². The van der Waals surface area contributed by atoms with Gasteiger partial charge in [0.2, 0.25) is 0 Å². The monoisotopic (exact) mass is 414 g/mol. The summed E-state index contributed by atoms with van der Waals surface area (Å²) in [4.78, 5) is 13.1.